The number of hydrogen-bond donors (Lipinski definition) is 4. The van der Waals surface area contributed by atoms with Gasteiger partial charge in [0.2, 0.25) is 5.79 Å². The Balaban J connectivity index is 1.26. The summed E-state index contributed by atoms with van der Waals surface area (Å²) >= 11 is 0. The fourth-order valence-electron chi connectivity index (χ4n) is 10.0. The van der Waals surface area contributed by atoms with Gasteiger partial charge in [0.15, 0.2) is 11.6 Å². The molecule has 1 saturated carbocycles. The molecule has 4 rings (SSSR count). The summed E-state index contributed by atoms with van der Waals surface area (Å²) in [6.45, 7) is 13.2. The van der Waals surface area contributed by atoms with Gasteiger partial charge in [-0.15, -0.1) is 0 Å². The third-order valence-electron chi connectivity index (χ3n) is 14.2. The number of allylic oxidation sites excluding steroid dienone is 8. The number of aliphatic hydroxyl groups is 4. The summed E-state index contributed by atoms with van der Waals surface area (Å²) in [4.78, 5) is 54.3. The lowest BCUT2D eigenvalue weighted by Crippen LogP contribution is -2.75. The van der Waals surface area contributed by atoms with Gasteiger partial charge in [0.05, 0.1) is 24.4 Å². The summed E-state index contributed by atoms with van der Waals surface area (Å²) in [5.74, 6) is -8.22. The number of rotatable bonds is 22. The highest BCUT2D eigenvalue weighted by Crippen LogP contribution is 2.45. The van der Waals surface area contributed by atoms with Crippen LogP contribution in [0.15, 0.2) is 59.8 Å². The van der Waals surface area contributed by atoms with Gasteiger partial charge in [-0.25, -0.2) is 4.79 Å². The van der Waals surface area contributed by atoms with E-state index in [1.54, 1.807) is 47.1 Å². The highest BCUT2D eigenvalue weighted by Gasteiger charge is 2.69. The van der Waals surface area contributed by atoms with Crippen LogP contribution in [0.1, 0.15) is 119 Å². The smallest absolute Gasteiger partial charge is 0.346 e. The lowest BCUT2D eigenvalue weighted by atomic mass is 9.80. The summed E-state index contributed by atoms with van der Waals surface area (Å²) < 4.78 is 28.2. The molecule has 65 heavy (non-hydrogen) atoms. The number of cyclic esters (lactones) is 1. The number of amides is 1. The molecule has 3 heterocycles. The van der Waals surface area contributed by atoms with Gasteiger partial charge in [-0.05, 0) is 113 Å². The highest BCUT2D eigenvalue weighted by atomic mass is 16.7. The number of morpholine rings is 1. The number of ketones is 2. The lowest BCUT2D eigenvalue weighted by molar-refractivity contribution is -0.403. The fraction of sp³-hybridized carbons (Fsp3) is 0.725. The van der Waals surface area contributed by atoms with Crippen molar-refractivity contribution in [2.24, 2.45) is 35.5 Å². The van der Waals surface area contributed by atoms with E-state index in [2.05, 4.69) is 6.92 Å². The average Bonchev–Trinajstić information content (AvgIpc) is 3.28. The zero-order valence-electron chi connectivity index (χ0n) is 40.5. The number of fused-ring (bicyclic) bond motifs is 1. The highest BCUT2D eigenvalue weighted by molar-refractivity contribution is 5.95. The molecule has 1 unspecified atom stereocenters. The molecule has 4 N–H and O–H groups in total. The number of carbonyl (C=O) groups is 4. The molecule has 0 bridgehead atoms. The summed E-state index contributed by atoms with van der Waals surface area (Å²) in [5, 5.41) is 44.7. The number of esters is 1. The Hall–Kier alpha value is -3.34. The predicted octanol–water partition coefficient (Wildman–Crippen LogP) is 6.10. The second kappa shape index (κ2) is 24.6. The zero-order valence-corrected chi connectivity index (χ0v) is 40.5. The normalized spacial score (nSPS) is 32.8. The van der Waals surface area contributed by atoms with Crippen molar-refractivity contribution in [3.63, 3.8) is 0 Å². The molecule has 366 valence electrons. The topological polar surface area (TPSA) is 199 Å². The largest absolute Gasteiger partial charge is 0.417 e. The number of piperidine rings is 1. The van der Waals surface area contributed by atoms with Crippen molar-refractivity contribution in [1.82, 2.24) is 4.90 Å². The molecule has 1 aliphatic carbocycles. The Morgan fingerprint density at radius 3 is 2.29 bits per heavy atom. The van der Waals surface area contributed by atoms with E-state index in [4.69, 9.17) is 23.7 Å². The number of Topliss-reactive ketones (excluding diaryl/α,β-unsaturated/α-hetero) is 1. The van der Waals surface area contributed by atoms with Crippen LogP contribution >= 0.6 is 0 Å². The van der Waals surface area contributed by atoms with E-state index in [1.165, 1.54) is 12.0 Å². The molecule has 4 fully saturated rings. The summed E-state index contributed by atoms with van der Waals surface area (Å²) in [6.07, 6.45) is 17.9. The summed E-state index contributed by atoms with van der Waals surface area (Å²) in [7, 11) is 4.60. The number of ether oxygens (including phenoxy) is 5. The van der Waals surface area contributed by atoms with Crippen molar-refractivity contribution >= 4 is 23.4 Å². The van der Waals surface area contributed by atoms with Crippen LogP contribution in [0.25, 0.3) is 0 Å². The molecular formula is C51H79NO13. The lowest BCUT2D eigenvalue weighted by Gasteiger charge is -2.53. The van der Waals surface area contributed by atoms with Crippen LogP contribution < -0.4 is 0 Å². The van der Waals surface area contributed by atoms with E-state index >= 15 is 0 Å². The van der Waals surface area contributed by atoms with Crippen LogP contribution in [-0.4, -0.2) is 131 Å². The molecule has 0 aromatic heterocycles. The standard InChI is InChI=1S/C51H79NO13/c1-31(26-35(5)45(55)47(63-10)46(56)36(6)28-34(4)41(53)23-19-32(2)27-38-21-24-42(54)44(29-38)62-9)16-12-11-13-17-33(3)43(61-8)30-39-22-20-37(7)50(59,64-39)51(60)49(58)52-25-15-14-18-40(52)48(57)65-51/h11-13,16-17,19,23,28,31-32,34-35,37-40,42-44,46-47,54,56,59-60H,14-15,18,20-22,24-27,29-30H2,1-10H3/b13-11+,16-12+,23-19+,33-17+,36-28+/t31-,32+,34-,35-,37-,38+,39+,40+,42-,43+,44-,46-,47+,50-,51?/m1/s1. The predicted molar refractivity (Wildman–Crippen MR) is 246 cm³/mol. The first-order chi connectivity index (χ1) is 30.7. The first-order valence-corrected chi connectivity index (χ1v) is 23.8. The Bertz CT molecular complexity index is 1770. The van der Waals surface area contributed by atoms with E-state index in [9.17, 15) is 39.6 Å². The first-order valence-electron chi connectivity index (χ1n) is 23.8. The third-order valence-corrected chi connectivity index (χ3v) is 14.2. The van der Waals surface area contributed by atoms with Gasteiger partial charge in [0, 0.05) is 52.0 Å². The minimum Gasteiger partial charge on any atom is -0.417 e. The van der Waals surface area contributed by atoms with E-state index in [1.807, 2.05) is 57.2 Å². The minimum atomic E-state index is -2.86. The van der Waals surface area contributed by atoms with Crippen molar-refractivity contribution in [3.8, 4) is 0 Å². The van der Waals surface area contributed by atoms with E-state index < -0.39 is 77.8 Å². The zero-order chi connectivity index (χ0) is 48.2. The maximum atomic E-state index is 13.5. The monoisotopic (exact) mass is 914 g/mol. The first kappa shape index (κ1) is 54.3. The molecule has 4 aliphatic rings. The molecule has 0 spiro atoms. The maximum absolute atomic E-state index is 13.5. The number of hydrogen-bond acceptors (Lipinski definition) is 13. The Morgan fingerprint density at radius 2 is 1.62 bits per heavy atom. The molecule has 3 saturated heterocycles. The molecule has 0 radical (unpaired) electrons. The molecule has 3 aliphatic heterocycles. The molecule has 0 aromatic carbocycles. The average molecular weight is 914 g/mol. The molecule has 0 aromatic rings. The quantitative estimate of drug-likeness (QED) is 0.0421. The second-order valence-corrected chi connectivity index (χ2v) is 19.4. The van der Waals surface area contributed by atoms with Gasteiger partial charge in [0.1, 0.15) is 18.2 Å². The number of nitrogens with zero attached hydrogens (tertiary/aromatic N) is 1. The van der Waals surface area contributed by atoms with Crippen molar-refractivity contribution in [3.05, 3.63) is 59.8 Å². The molecular weight excluding hydrogens is 835 g/mol. The van der Waals surface area contributed by atoms with Gasteiger partial charge in [0.25, 0.3) is 0 Å². The van der Waals surface area contributed by atoms with Gasteiger partial charge in [-0.3, -0.25) is 14.4 Å². The van der Waals surface area contributed by atoms with Crippen LogP contribution in [-0.2, 0) is 42.9 Å². The van der Waals surface area contributed by atoms with E-state index in [-0.39, 0.29) is 29.5 Å². The second-order valence-electron chi connectivity index (χ2n) is 19.4. The molecule has 15 atom stereocenters. The van der Waals surface area contributed by atoms with Gasteiger partial charge in [-0.1, -0.05) is 77.2 Å². The Morgan fingerprint density at radius 1 is 0.892 bits per heavy atom. The van der Waals surface area contributed by atoms with Crippen molar-refractivity contribution < 1.29 is 63.3 Å². The summed E-state index contributed by atoms with van der Waals surface area (Å²) in [6, 6.07) is -0.773. The molecule has 14 heteroatoms. The van der Waals surface area contributed by atoms with E-state index in [0.29, 0.717) is 63.0 Å². The Kier molecular flexibility index (Phi) is 20.5. The van der Waals surface area contributed by atoms with E-state index in [0.717, 1.165) is 31.3 Å². The van der Waals surface area contributed by atoms with Crippen molar-refractivity contribution in [2.75, 3.05) is 27.9 Å². The van der Waals surface area contributed by atoms with Crippen LogP contribution in [0.3, 0.4) is 0 Å². The van der Waals surface area contributed by atoms with Gasteiger partial charge in [-0.2, -0.15) is 0 Å². The third kappa shape index (κ3) is 13.6. The maximum Gasteiger partial charge on any atom is 0.346 e. The van der Waals surface area contributed by atoms with Crippen LogP contribution in [0.4, 0.5) is 0 Å². The van der Waals surface area contributed by atoms with Gasteiger partial charge < -0.3 is 49.0 Å². The van der Waals surface area contributed by atoms with Crippen LogP contribution in [0.2, 0.25) is 0 Å². The minimum absolute atomic E-state index is 0.0233. The fourth-order valence-corrected chi connectivity index (χ4v) is 10.0. The molecule has 14 nitrogen and oxygen atoms in total. The van der Waals surface area contributed by atoms with Crippen molar-refractivity contribution in [1.29, 1.82) is 0 Å². The van der Waals surface area contributed by atoms with Crippen molar-refractivity contribution in [2.45, 2.75) is 173 Å². The Labute approximate surface area is 387 Å². The number of aliphatic hydroxyl groups excluding tert-OH is 2. The van der Waals surface area contributed by atoms with Crippen LogP contribution in [0.5, 0.6) is 0 Å². The SMILES string of the molecule is CO[C@@H](C[C@@H]1CC[C@@H](C)[C@](O)(C2(O)OC(=O)[C@@H]3CCCCN3C2=O)O1)/C(C)=C/C=C/C=C/[C@@H](C)C[C@@H](C)C(=O)[C@H](OC)[C@H](O)/C(C)=C/[C@@H](C)C(=O)/C=C/[C@H](C)C[C@@H]1CC[C@@H](O)[C@H](OC)C1. The number of methoxy groups -OCH3 is 3. The number of carbonyl (C=O) groups excluding carboxylic acids is 4. The van der Waals surface area contributed by atoms with Gasteiger partial charge >= 0.3 is 17.7 Å². The molecule has 1 amide bonds. The van der Waals surface area contributed by atoms with Crippen LogP contribution in [0, 0.1) is 35.5 Å². The summed E-state index contributed by atoms with van der Waals surface area (Å²) in [5.41, 5.74) is 1.36.